The Morgan fingerprint density at radius 3 is 2.08 bits per heavy atom. The first kappa shape index (κ1) is 16.6. The van der Waals surface area contributed by atoms with Crippen molar-refractivity contribution in [1.82, 2.24) is 4.31 Å². The highest BCUT2D eigenvalue weighted by molar-refractivity contribution is 7.89. The average Bonchev–Trinajstić information content (AvgIpc) is 3.35. The molecular formula is C15H11F3N2O3S. The predicted octanol–water partition coefficient (Wildman–Crippen LogP) is 3.85. The molecule has 1 heterocycles. The molecule has 2 aromatic rings. The second-order valence-electron chi connectivity index (χ2n) is 5.30. The number of hydrogen-bond acceptors (Lipinski definition) is 4. The van der Waals surface area contributed by atoms with Gasteiger partial charge in [0.05, 0.1) is 16.5 Å². The summed E-state index contributed by atoms with van der Waals surface area (Å²) in [6, 6.07) is 9.06. The molecule has 2 atom stereocenters. The van der Waals surface area contributed by atoms with Crippen LogP contribution >= 0.6 is 0 Å². The highest BCUT2D eigenvalue weighted by Crippen LogP contribution is 2.41. The molecule has 0 radical (unpaired) electrons. The van der Waals surface area contributed by atoms with Crippen LogP contribution in [0.15, 0.2) is 58.6 Å². The van der Waals surface area contributed by atoms with Crippen molar-refractivity contribution >= 4 is 15.7 Å². The first-order valence-electron chi connectivity index (χ1n) is 6.86. The standard InChI is InChI=1S/C15H11F3N2O3S/c16-15(17,18)11-3-1-10(2-4-11)14-9-20(14)24(22,23)13-7-5-12(19-21)6-8-13/h1-8,14H,9H2. The van der Waals surface area contributed by atoms with Gasteiger partial charge in [0, 0.05) is 6.54 Å². The van der Waals surface area contributed by atoms with Crippen LogP contribution in [0.4, 0.5) is 18.9 Å². The van der Waals surface area contributed by atoms with Crippen LogP contribution in [0.3, 0.4) is 0 Å². The molecule has 0 spiro atoms. The molecule has 9 heteroatoms. The molecule has 126 valence electrons. The third-order valence-electron chi connectivity index (χ3n) is 3.74. The van der Waals surface area contributed by atoms with E-state index in [4.69, 9.17) is 0 Å². The van der Waals surface area contributed by atoms with Gasteiger partial charge in [-0.15, -0.1) is 4.91 Å². The molecule has 0 N–H and O–H groups in total. The predicted molar refractivity (Wildman–Crippen MR) is 80.0 cm³/mol. The van der Waals surface area contributed by atoms with Gasteiger partial charge in [0.15, 0.2) is 0 Å². The van der Waals surface area contributed by atoms with E-state index < -0.39 is 27.8 Å². The largest absolute Gasteiger partial charge is 0.416 e. The third-order valence-corrected chi connectivity index (χ3v) is 5.63. The number of alkyl halides is 3. The van der Waals surface area contributed by atoms with E-state index >= 15 is 0 Å². The van der Waals surface area contributed by atoms with Crippen LogP contribution in [0.1, 0.15) is 17.2 Å². The van der Waals surface area contributed by atoms with E-state index in [0.717, 1.165) is 12.1 Å². The minimum absolute atomic E-state index is 0.00399. The number of rotatable bonds is 4. The number of sulfonamides is 1. The number of benzene rings is 2. The summed E-state index contributed by atoms with van der Waals surface area (Å²) in [6.45, 7) is 0.196. The van der Waals surface area contributed by atoms with Crippen LogP contribution in [0.5, 0.6) is 0 Å². The second kappa shape index (κ2) is 5.67. The van der Waals surface area contributed by atoms with Gasteiger partial charge in [-0.1, -0.05) is 12.1 Å². The summed E-state index contributed by atoms with van der Waals surface area (Å²) in [6.07, 6.45) is -4.43. The van der Waals surface area contributed by atoms with E-state index in [1.54, 1.807) is 0 Å². The zero-order valence-corrected chi connectivity index (χ0v) is 12.9. The van der Waals surface area contributed by atoms with E-state index in [9.17, 15) is 26.5 Å². The van der Waals surface area contributed by atoms with Crippen LogP contribution in [-0.2, 0) is 16.2 Å². The maximum Gasteiger partial charge on any atom is 0.416 e. The Bertz CT molecular complexity index is 862. The molecule has 1 aliphatic heterocycles. The van der Waals surface area contributed by atoms with Gasteiger partial charge in [0.2, 0.25) is 10.0 Å². The minimum Gasteiger partial charge on any atom is -0.207 e. The van der Waals surface area contributed by atoms with Crippen molar-refractivity contribution in [3.8, 4) is 0 Å². The lowest BCUT2D eigenvalue weighted by molar-refractivity contribution is -0.137. The zero-order chi connectivity index (χ0) is 17.5. The van der Waals surface area contributed by atoms with Crippen molar-refractivity contribution in [3.63, 3.8) is 0 Å². The normalized spacial score (nSPS) is 20.6. The van der Waals surface area contributed by atoms with Crippen LogP contribution in [0, 0.1) is 4.91 Å². The molecule has 1 saturated heterocycles. The van der Waals surface area contributed by atoms with E-state index in [-0.39, 0.29) is 17.1 Å². The highest BCUT2D eigenvalue weighted by atomic mass is 32.2. The number of hydrogen-bond donors (Lipinski definition) is 0. The maximum absolute atomic E-state index is 12.5. The molecular weight excluding hydrogens is 345 g/mol. The first-order valence-corrected chi connectivity index (χ1v) is 8.30. The number of nitroso groups, excluding NO2 is 1. The molecule has 0 amide bonds. The van der Waals surface area contributed by atoms with Crippen LogP contribution in [-0.4, -0.2) is 19.3 Å². The van der Waals surface area contributed by atoms with Gasteiger partial charge < -0.3 is 0 Å². The average molecular weight is 356 g/mol. The molecule has 24 heavy (non-hydrogen) atoms. The van der Waals surface area contributed by atoms with E-state index in [1.807, 2.05) is 0 Å². The molecule has 5 nitrogen and oxygen atoms in total. The van der Waals surface area contributed by atoms with Crippen molar-refractivity contribution in [2.75, 3.05) is 6.54 Å². The molecule has 0 saturated carbocycles. The first-order chi connectivity index (χ1) is 11.2. The van der Waals surface area contributed by atoms with Crippen molar-refractivity contribution < 1.29 is 21.6 Å². The van der Waals surface area contributed by atoms with Crippen molar-refractivity contribution in [1.29, 1.82) is 0 Å². The van der Waals surface area contributed by atoms with Gasteiger partial charge in [-0.3, -0.25) is 0 Å². The van der Waals surface area contributed by atoms with E-state index in [1.165, 1.54) is 40.7 Å². The Morgan fingerprint density at radius 2 is 1.58 bits per heavy atom. The van der Waals surface area contributed by atoms with Crippen LogP contribution < -0.4 is 0 Å². The van der Waals surface area contributed by atoms with Gasteiger partial charge >= 0.3 is 6.18 Å². The summed E-state index contributed by atoms with van der Waals surface area (Å²) >= 11 is 0. The van der Waals surface area contributed by atoms with Crippen LogP contribution in [0.25, 0.3) is 0 Å². The Labute approximate surface area is 135 Å². The lowest BCUT2D eigenvalue weighted by Crippen LogP contribution is -2.12. The van der Waals surface area contributed by atoms with Crippen molar-refractivity contribution in [3.05, 3.63) is 64.6 Å². The smallest absolute Gasteiger partial charge is 0.207 e. The number of halogens is 3. The zero-order valence-electron chi connectivity index (χ0n) is 12.1. The van der Waals surface area contributed by atoms with Crippen LogP contribution in [0.2, 0.25) is 0 Å². The van der Waals surface area contributed by atoms with Gasteiger partial charge in [-0.05, 0) is 47.1 Å². The summed E-state index contributed by atoms with van der Waals surface area (Å²) in [7, 11) is -3.76. The van der Waals surface area contributed by atoms with E-state index in [0.29, 0.717) is 5.56 Å². The lowest BCUT2D eigenvalue weighted by Gasteiger charge is -2.09. The van der Waals surface area contributed by atoms with Gasteiger partial charge in [-0.25, -0.2) is 8.42 Å². The Balaban J connectivity index is 1.79. The van der Waals surface area contributed by atoms with Crippen molar-refractivity contribution in [2.24, 2.45) is 5.18 Å². The fourth-order valence-corrected chi connectivity index (χ4v) is 3.91. The fourth-order valence-electron chi connectivity index (χ4n) is 2.37. The van der Waals surface area contributed by atoms with E-state index in [2.05, 4.69) is 5.18 Å². The fraction of sp³-hybridized carbons (Fsp3) is 0.200. The third kappa shape index (κ3) is 3.04. The summed E-state index contributed by atoms with van der Waals surface area (Å²) in [5.41, 5.74) is -0.171. The summed E-state index contributed by atoms with van der Waals surface area (Å²) in [4.78, 5) is 10.4. The summed E-state index contributed by atoms with van der Waals surface area (Å²) < 4.78 is 63.7. The lowest BCUT2D eigenvalue weighted by atomic mass is 10.1. The second-order valence-corrected chi connectivity index (χ2v) is 7.19. The molecule has 0 bridgehead atoms. The number of nitrogens with zero attached hydrogens (tertiary/aromatic N) is 2. The molecule has 2 unspecified atom stereocenters. The monoisotopic (exact) mass is 356 g/mol. The molecule has 0 aliphatic carbocycles. The van der Waals surface area contributed by atoms with Crippen molar-refractivity contribution in [2.45, 2.75) is 17.1 Å². The van der Waals surface area contributed by atoms with Gasteiger partial charge in [-0.2, -0.15) is 17.5 Å². The van der Waals surface area contributed by atoms with Gasteiger partial charge in [0.25, 0.3) is 0 Å². The Hall–Kier alpha value is -2.26. The molecule has 0 aromatic heterocycles. The summed E-state index contributed by atoms with van der Waals surface area (Å²) in [5, 5.41) is 2.69. The molecule has 1 fully saturated rings. The topological polar surface area (TPSA) is 66.6 Å². The quantitative estimate of drug-likeness (QED) is 0.617. The maximum atomic E-state index is 12.5. The Kier molecular flexibility index (Phi) is 3.92. The Morgan fingerprint density at radius 1 is 1.00 bits per heavy atom. The SMILES string of the molecule is O=Nc1ccc(S(=O)(=O)N2CC2c2ccc(C(F)(F)F)cc2)cc1. The highest BCUT2D eigenvalue weighted by Gasteiger charge is 2.45. The molecule has 1 aliphatic rings. The summed E-state index contributed by atoms with van der Waals surface area (Å²) in [5.74, 6) is 0. The molecule has 2 aromatic carbocycles. The molecule has 3 rings (SSSR count). The van der Waals surface area contributed by atoms with Gasteiger partial charge in [0.1, 0.15) is 5.69 Å². The minimum atomic E-state index is -4.43.